The van der Waals surface area contributed by atoms with Crippen LogP contribution < -0.4 is 0 Å². The third kappa shape index (κ3) is 7.71. The molecule has 0 N–H and O–H groups in total. The first-order chi connectivity index (χ1) is 8.49. The second-order valence-corrected chi connectivity index (χ2v) is 4.52. The largest absolute Gasteiger partial charge is 0.502 e. The molecule has 0 radical (unpaired) electrons. The van der Waals surface area contributed by atoms with E-state index in [1.165, 1.54) is 6.26 Å². The van der Waals surface area contributed by atoms with E-state index in [-0.39, 0.29) is 5.97 Å². The molecule has 0 aromatic heterocycles. The first-order valence-electron chi connectivity index (χ1n) is 6.21. The van der Waals surface area contributed by atoms with Crippen molar-refractivity contribution in [1.82, 2.24) is 0 Å². The van der Waals surface area contributed by atoms with E-state index in [2.05, 4.69) is 6.58 Å². The Morgan fingerprint density at radius 2 is 1.72 bits per heavy atom. The number of carbonyl (C=O) groups excluding carboxylic acids is 1. The van der Waals surface area contributed by atoms with E-state index in [0.29, 0.717) is 18.8 Å². The highest BCUT2D eigenvalue weighted by Gasteiger charge is 2.09. The Kier molecular flexibility index (Phi) is 8.71. The highest BCUT2D eigenvalue weighted by molar-refractivity contribution is 5.92. The second-order valence-electron chi connectivity index (χ2n) is 4.52. The first-order valence-corrected chi connectivity index (χ1v) is 6.21. The van der Waals surface area contributed by atoms with Crippen LogP contribution in [0, 0.1) is 0 Å². The average molecular weight is 252 g/mol. The van der Waals surface area contributed by atoms with Crippen LogP contribution in [0.1, 0.15) is 40.5 Å². The molecule has 0 fully saturated rings. The van der Waals surface area contributed by atoms with Crippen molar-refractivity contribution in [2.45, 2.75) is 40.5 Å². The fourth-order valence-corrected chi connectivity index (χ4v) is 1.31. The second kappa shape index (κ2) is 9.51. The van der Waals surface area contributed by atoms with Crippen LogP contribution in [0.15, 0.2) is 35.6 Å². The lowest BCUT2D eigenvalue weighted by atomic mass is 10.1. The number of allylic oxidation sites excluding steroid dienone is 2. The maximum atomic E-state index is 11.8. The molecule has 0 amide bonds. The summed E-state index contributed by atoms with van der Waals surface area (Å²) in [5.74, 6) is -0.249. The number of rotatable bonds is 8. The zero-order chi connectivity index (χ0) is 14.0. The molecule has 0 unspecified atom stereocenters. The van der Waals surface area contributed by atoms with Gasteiger partial charge in [0.15, 0.2) is 0 Å². The summed E-state index contributed by atoms with van der Waals surface area (Å²) in [6.45, 7) is 12.2. The van der Waals surface area contributed by atoms with Crippen LogP contribution in [0.3, 0.4) is 0 Å². The molecular formula is C15H24O3. The lowest BCUT2D eigenvalue weighted by molar-refractivity contribution is -0.138. The number of unbranched alkanes of at least 4 members (excludes halogenated alkanes) is 1. The van der Waals surface area contributed by atoms with Crippen molar-refractivity contribution >= 4 is 5.97 Å². The topological polar surface area (TPSA) is 35.5 Å². The Labute approximate surface area is 110 Å². The summed E-state index contributed by atoms with van der Waals surface area (Å²) < 4.78 is 10.2. The SMILES string of the molecule is C=COCCCCOC(=O)C(C=C(C)C)=C(C)C. The summed E-state index contributed by atoms with van der Waals surface area (Å²) in [6, 6.07) is 0. The van der Waals surface area contributed by atoms with Gasteiger partial charge in [-0.1, -0.05) is 17.7 Å². The Bertz CT molecular complexity index is 330. The molecular weight excluding hydrogens is 228 g/mol. The first kappa shape index (κ1) is 16.5. The minimum absolute atomic E-state index is 0.249. The van der Waals surface area contributed by atoms with Gasteiger partial charge in [0.2, 0.25) is 0 Å². The monoisotopic (exact) mass is 252 g/mol. The summed E-state index contributed by atoms with van der Waals surface area (Å²) >= 11 is 0. The predicted molar refractivity (Wildman–Crippen MR) is 74.1 cm³/mol. The van der Waals surface area contributed by atoms with Crippen molar-refractivity contribution in [3.8, 4) is 0 Å². The van der Waals surface area contributed by atoms with Crippen molar-refractivity contribution in [1.29, 1.82) is 0 Å². The molecule has 102 valence electrons. The Hall–Kier alpha value is -1.51. The molecule has 3 heteroatoms. The third-order valence-electron chi connectivity index (χ3n) is 2.20. The molecule has 0 aliphatic rings. The fourth-order valence-electron chi connectivity index (χ4n) is 1.31. The molecule has 0 aromatic carbocycles. The maximum absolute atomic E-state index is 11.8. The van der Waals surface area contributed by atoms with Gasteiger partial charge in [-0.15, -0.1) is 0 Å². The number of carbonyl (C=O) groups is 1. The molecule has 0 heterocycles. The summed E-state index contributed by atoms with van der Waals surface area (Å²) in [4.78, 5) is 11.8. The van der Waals surface area contributed by atoms with Crippen LogP contribution >= 0.6 is 0 Å². The van der Waals surface area contributed by atoms with Crippen molar-refractivity contribution in [2.75, 3.05) is 13.2 Å². The zero-order valence-electron chi connectivity index (χ0n) is 11.9. The van der Waals surface area contributed by atoms with E-state index in [1.807, 2.05) is 33.8 Å². The molecule has 0 aliphatic heterocycles. The number of ether oxygens (including phenoxy) is 2. The van der Waals surface area contributed by atoms with E-state index in [0.717, 1.165) is 24.0 Å². The van der Waals surface area contributed by atoms with Crippen LogP contribution in [0.5, 0.6) is 0 Å². The quantitative estimate of drug-likeness (QED) is 0.217. The lowest BCUT2D eigenvalue weighted by Gasteiger charge is -2.07. The number of hydrogen-bond donors (Lipinski definition) is 0. The molecule has 0 atom stereocenters. The van der Waals surface area contributed by atoms with E-state index in [9.17, 15) is 4.79 Å². The minimum atomic E-state index is -0.249. The van der Waals surface area contributed by atoms with Gasteiger partial charge in [-0.25, -0.2) is 4.79 Å². The Balaban J connectivity index is 4.11. The van der Waals surface area contributed by atoms with Gasteiger partial charge in [0.25, 0.3) is 0 Å². The average Bonchev–Trinajstić information content (AvgIpc) is 2.29. The normalized spacial score (nSPS) is 9.33. The highest BCUT2D eigenvalue weighted by atomic mass is 16.5. The molecule has 18 heavy (non-hydrogen) atoms. The molecule has 0 aliphatic carbocycles. The Morgan fingerprint density at radius 1 is 1.11 bits per heavy atom. The lowest BCUT2D eigenvalue weighted by Crippen LogP contribution is -2.09. The minimum Gasteiger partial charge on any atom is -0.502 e. The van der Waals surface area contributed by atoms with Crippen LogP contribution in [-0.4, -0.2) is 19.2 Å². The molecule has 0 bridgehead atoms. The molecule has 0 saturated heterocycles. The standard InChI is InChI=1S/C15H24O3/c1-6-17-9-7-8-10-18-15(16)14(13(4)5)11-12(2)3/h6,11H,1,7-10H2,2-5H3. The van der Waals surface area contributed by atoms with Gasteiger partial charge in [-0.3, -0.25) is 0 Å². The van der Waals surface area contributed by atoms with Gasteiger partial charge in [-0.05, 0) is 46.6 Å². The summed E-state index contributed by atoms with van der Waals surface area (Å²) in [5.41, 5.74) is 2.70. The highest BCUT2D eigenvalue weighted by Crippen LogP contribution is 2.10. The molecule has 3 nitrogen and oxygen atoms in total. The summed E-state index contributed by atoms with van der Waals surface area (Å²) in [7, 11) is 0. The summed E-state index contributed by atoms with van der Waals surface area (Å²) in [5, 5.41) is 0. The van der Waals surface area contributed by atoms with E-state index < -0.39 is 0 Å². The van der Waals surface area contributed by atoms with Gasteiger partial charge in [0.1, 0.15) is 0 Å². The van der Waals surface area contributed by atoms with Gasteiger partial charge in [0, 0.05) is 0 Å². The zero-order valence-corrected chi connectivity index (χ0v) is 11.9. The predicted octanol–water partition coefficient (Wildman–Crippen LogP) is 3.77. The third-order valence-corrected chi connectivity index (χ3v) is 2.20. The fraction of sp³-hybridized carbons (Fsp3) is 0.533. The molecule has 0 rings (SSSR count). The van der Waals surface area contributed by atoms with E-state index in [4.69, 9.17) is 9.47 Å². The molecule has 0 aromatic rings. The van der Waals surface area contributed by atoms with E-state index in [1.54, 1.807) is 0 Å². The van der Waals surface area contributed by atoms with Gasteiger partial charge >= 0.3 is 5.97 Å². The van der Waals surface area contributed by atoms with Gasteiger partial charge in [-0.2, -0.15) is 0 Å². The number of hydrogen-bond acceptors (Lipinski definition) is 3. The molecule has 0 spiro atoms. The van der Waals surface area contributed by atoms with Crippen molar-refractivity contribution in [3.63, 3.8) is 0 Å². The van der Waals surface area contributed by atoms with Crippen molar-refractivity contribution in [3.05, 3.63) is 35.6 Å². The van der Waals surface area contributed by atoms with Crippen molar-refractivity contribution < 1.29 is 14.3 Å². The molecule has 0 saturated carbocycles. The Morgan fingerprint density at radius 3 is 2.22 bits per heavy atom. The maximum Gasteiger partial charge on any atom is 0.338 e. The van der Waals surface area contributed by atoms with Crippen LogP contribution in [0.25, 0.3) is 0 Å². The number of esters is 1. The van der Waals surface area contributed by atoms with Gasteiger partial charge in [0.05, 0.1) is 25.0 Å². The van der Waals surface area contributed by atoms with Gasteiger partial charge < -0.3 is 9.47 Å². The van der Waals surface area contributed by atoms with Crippen LogP contribution in [0.4, 0.5) is 0 Å². The van der Waals surface area contributed by atoms with Crippen LogP contribution in [-0.2, 0) is 14.3 Å². The van der Waals surface area contributed by atoms with Crippen molar-refractivity contribution in [2.24, 2.45) is 0 Å². The van der Waals surface area contributed by atoms with E-state index >= 15 is 0 Å². The summed E-state index contributed by atoms with van der Waals surface area (Å²) in [6.07, 6.45) is 4.93. The smallest absolute Gasteiger partial charge is 0.338 e. The van der Waals surface area contributed by atoms with Crippen LogP contribution in [0.2, 0.25) is 0 Å².